The molecule has 216 valence electrons. The smallest absolute Gasteiger partial charge is 0.232 e. The fourth-order valence-corrected chi connectivity index (χ4v) is 5.56. The summed E-state index contributed by atoms with van der Waals surface area (Å²) < 4.78 is 23.2. The first kappa shape index (κ1) is 26.9. The molecule has 1 aliphatic heterocycles. The van der Waals surface area contributed by atoms with Gasteiger partial charge in [0.05, 0.1) is 32.7 Å². The standard InChI is InChI=1S/C30H37N7O4/c1-36-13-15-37(16-14-36)20-10-11-22(24(18-20)39-3)31-30-32-28-26(29(33-30)41-21-7-5-6-8-21)27(34-35-28)19-9-12-23(38-2)25(17-19)40-4/h9-12,17-18,21H,5-8,13-16H2,1-4H3,(H2,31,32,33,34,35). The molecular formula is C30H37N7O4. The number of nitrogens with one attached hydrogen (secondary N) is 2. The van der Waals surface area contributed by atoms with Crippen LogP contribution >= 0.6 is 0 Å². The minimum atomic E-state index is 0.103. The summed E-state index contributed by atoms with van der Waals surface area (Å²) in [7, 11) is 7.07. The van der Waals surface area contributed by atoms with E-state index in [1.165, 1.54) is 0 Å². The zero-order valence-corrected chi connectivity index (χ0v) is 24.1. The average molecular weight is 560 g/mol. The highest BCUT2D eigenvalue weighted by molar-refractivity contribution is 5.95. The Morgan fingerprint density at radius 2 is 1.61 bits per heavy atom. The molecule has 0 unspecified atom stereocenters. The van der Waals surface area contributed by atoms with Crippen LogP contribution in [0.15, 0.2) is 36.4 Å². The van der Waals surface area contributed by atoms with Gasteiger partial charge in [-0.05, 0) is 63.1 Å². The topological polar surface area (TPSA) is 110 Å². The van der Waals surface area contributed by atoms with Gasteiger partial charge in [-0.15, -0.1) is 0 Å². The molecule has 0 atom stereocenters. The van der Waals surface area contributed by atoms with E-state index in [0.29, 0.717) is 29.0 Å². The zero-order chi connectivity index (χ0) is 28.3. The molecule has 1 aliphatic carbocycles. The molecule has 0 spiro atoms. The summed E-state index contributed by atoms with van der Waals surface area (Å²) in [5.74, 6) is 2.88. The van der Waals surface area contributed by atoms with E-state index >= 15 is 0 Å². The number of H-pyrrole nitrogens is 1. The molecule has 0 bridgehead atoms. The Bertz CT molecular complexity index is 1510. The number of aromatic amines is 1. The van der Waals surface area contributed by atoms with Gasteiger partial charge in [0.15, 0.2) is 17.1 Å². The second-order valence-corrected chi connectivity index (χ2v) is 10.5. The highest BCUT2D eigenvalue weighted by Gasteiger charge is 2.24. The summed E-state index contributed by atoms with van der Waals surface area (Å²) in [5, 5.41) is 11.8. The van der Waals surface area contributed by atoms with Crippen LogP contribution in [0.4, 0.5) is 17.3 Å². The van der Waals surface area contributed by atoms with Crippen LogP contribution in [0.25, 0.3) is 22.3 Å². The number of anilines is 3. The Morgan fingerprint density at radius 1 is 0.854 bits per heavy atom. The Hall–Kier alpha value is -4.25. The molecule has 11 heteroatoms. The average Bonchev–Trinajstić information content (AvgIpc) is 3.68. The van der Waals surface area contributed by atoms with E-state index in [9.17, 15) is 0 Å². The van der Waals surface area contributed by atoms with Gasteiger partial charge >= 0.3 is 0 Å². The van der Waals surface area contributed by atoms with E-state index in [-0.39, 0.29) is 6.10 Å². The van der Waals surface area contributed by atoms with Crippen molar-refractivity contribution < 1.29 is 18.9 Å². The molecule has 4 aromatic rings. The minimum absolute atomic E-state index is 0.103. The van der Waals surface area contributed by atoms with Gasteiger partial charge in [-0.3, -0.25) is 5.10 Å². The van der Waals surface area contributed by atoms with Crippen molar-refractivity contribution in [1.82, 2.24) is 25.1 Å². The molecule has 1 saturated carbocycles. The van der Waals surface area contributed by atoms with Crippen LogP contribution in [0.2, 0.25) is 0 Å². The zero-order valence-electron chi connectivity index (χ0n) is 24.1. The van der Waals surface area contributed by atoms with Crippen LogP contribution in [0.1, 0.15) is 25.7 Å². The van der Waals surface area contributed by atoms with Gasteiger partial charge in [0.25, 0.3) is 0 Å². The maximum absolute atomic E-state index is 6.50. The van der Waals surface area contributed by atoms with Crippen LogP contribution < -0.4 is 29.2 Å². The summed E-state index contributed by atoms with van der Waals surface area (Å²) in [5.41, 5.74) is 4.04. The van der Waals surface area contributed by atoms with Gasteiger partial charge in [-0.25, -0.2) is 0 Å². The van der Waals surface area contributed by atoms with Crippen molar-refractivity contribution in [3.05, 3.63) is 36.4 Å². The van der Waals surface area contributed by atoms with Crippen LogP contribution in [-0.2, 0) is 0 Å². The molecular weight excluding hydrogens is 522 g/mol. The van der Waals surface area contributed by atoms with Crippen molar-refractivity contribution in [1.29, 1.82) is 0 Å². The first-order valence-corrected chi connectivity index (χ1v) is 14.1. The summed E-state index contributed by atoms with van der Waals surface area (Å²) in [6, 6.07) is 11.9. The quantitative estimate of drug-likeness (QED) is 0.295. The first-order valence-electron chi connectivity index (χ1n) is 14.1. The molecule has 3 heterocycles. The van der Waals surface area contributed by atoms with Crippen LogP contribution in [0.3, 0.4) is 0 Å². The molecule has 2 aromatic heterocycles. The van der Waals surface area contributed by atoms with E-state index in [2.05, 4.69) is 44.5 Å². The summed E-state index contributed by atoms with van der Waals surface area (Å²) >= 11 is 0. The van der Waals surface area contributed by atoms with Gasteiger partial charge in [-0.1, -0.05) is 0 Å². The maximum atomic E-state index is 6.50. The van der Waals surface area contributed by atoms with Crippen molar-refractivity contribution in [2.45, 2.75) is 31.8 Å². The van der Waals surface area contributed by atoms with Crippen molar-refractivity contribution in [2.75, 3.05) is 64.8 Å². The van der Waals surface area contributed by atoms with E-state index in [0.717, 1.165) is 85.6 Å². The highest BCUT2D eigenvalue weighted by atomic mass is 16.5. The third-order valence-electron chi connectivity index (χ3n) is 7.93. The first-order chi connectivity index (χ1) is 20.1. The lowest BCUT2D eigenvalue weighted by atomic mass is 10.1. The Labute approximate surface area is 239 Å². The SMILES string of the molecule is COc1cc(N2CCN(C)CC2)ccc1Nc1nc(OC2CCCC2)c2c(-c3ccc(OC)c(OC)c3)[nH]nc2n1. The molecule has 11 nitrogen and oxygen atoms in total. The molecule has 2 N–H and O–H groups in total. The minimum Gasteiger partial charge on any atom is -0.494 e. The lowest BCUT2D eigenvalue weighted by Gasteiger charge is -2.34. The number of hydrogen-bond donors (Lipinski definition) is 2. The van der Waals surface area contributed by atoms with Crippen LogP contribution in [-0.4, -0.2) is 85.7 Å². The Kier molecular flexibility index (Phi) is 7.69. The maximum Gasteiger partial charge on any atom is 0.232 e. The second kappa shape index (κ2) is 11.7. The number of methoxy groups -OCH3 is 3. The molecule has 6 rings (SSSR count). The predicted octanol–water partition coefficient (Wildman–Crippen LogP) is 4.86. The van der Waals surface area contributed by atoms with Gasteiger partial charge < -0.3 is 34.1 Å². The van der Waals surface area contributed by atoms with E-state index < -0.39 is 0 Å². The molecule has 2 aliphatic rings. The Balaban J connectivity index is 1.35. The van der Waals surface area contributed by atoms with Crippen molar-refractivity contribution in [3.63, 3.8) is 0 Å². The third-order valence-corrected chi connectivity index (χ3v) is 7.93. The number of hydrogen-bond acceptors (Lipinski definition) is 10. The highest BCUT2D eigenvalue weighted by Crippen LogP contribution is 2.39. The van der Waals surface area contributed by atoms with Crippen molar-refractivity contribution in [2.24, 2.45) is 0 Å². The Morgan fingerprint density at radius 3 is 2.34 bits per heavy atom. The number of benzene rings is 2. The normalized spacial score (nSPS) is 16.2. The summed E-state index contributed by atoms with van der Waals surface area (Å²) in [6.45, 7) is 4.04. The van der Waals surface area contributed by atoms with Gasteiger partial charge in [-0.2, -0.15) is 15.1 Å². The van der Waals surface area contributed by atoms with Crippen LogP contribution in [0, 0.1) is 0 Å². The van der Waals surface area contributed by atoms with Gasteiger partial charge in [0, 0.05) is 43.5 Å². The number of piperazine rings is 1. The number of fused-ring (bicyclic) bond motifs is 1. The molecule has 0 amide bonds. The largest absolute Gasteiger partial charge is 0.494 e. The number of nitrogens with zero attached hydrogens (tertiary/aromatic N) is 5. The summed E-state index contributed by atoms with van der Waals surface area (Å²) in [4.78, 5) is 14.3. The lowest BCUT2D eigenvalue weighted by molar-refractivity contribution is 0.204. The monoisotopic (exact) mass is 559 g/mol. The molecule has 41 heavy (non-hydrogen) atoms. The fourth-order valence-electron chi connectivity index (χ4n) is 5.56. The number of ether oxygens (including phenoxy) is 4. The van der Waals surface area contributed by atoms with E-state index in [4.69, 9.17) is 28.9 Å². The molecule has 1 saturated heterocycles. The van der Waals surface area contributed by atoms with Gasteiger partial charge in [0.2, 0.25) is 11.8 Å². The summed E-state index contributed by atoms with van der Waals surface area (Å²) in [6.07, 6.45) is 4.40. The van der Waals surface area contributed by atoms with Gasteiger partial charge in [0.1, 0.15) is 17.2 Å². The number of likely N-dealkylation sites (N-methyl/N-ethyl adjacent to an activating group) is 1. The predicted molar refractivity (Wildman–Crippen MR) is 159 cm³/mol. The molecule has 0 radical (unpaired) electrons. The number of aromatic nitrogens is 4. The van der Waals surface area contributed by atoms with Crippen molar-refractivity contribution >= 4 is 28.4 Å². The third kappa shape index (κ3) is 5.54. The lowest BCUT2D eigenvalue weighted by Crippen LogP contribution is -2.44. The second-order valence-electron chi connectivity index (χ2n) is 10.5. The molecule has 2 fully saturated rings. The van der Waals surface area contributed by atoms with E-state index in [1.807, 2.05) is 24.3 Å². The van der Waals surface area contributed by atoms with Crippen molar-refractivity contribution in [3.8, 4) is 34.4 Å². The fraction of sp³-hybridized carbons (Fsp3) is 0.433. The van der Waals surface area contributed by atoms with E-state index in [1.54, 1.807) is 21.3 Å². The van der Waals surface area contributed by atoms with Crippen LogP contribution in [0.5, 0.6) is 23.1 Å². The molecule has 2 aromatic carbocycles. The number of rotatable bonds is 9.